The lowest BCUT2D eigenvalue weighted by molar-refractivity contribution is 0.137. The Labute approximate surface area is 151 Å². The molecule has 0 unspecified atom stereocenters. The topological polar surface area (TPSA) is 52.0 Å². The van der Waals surface area contributed by atoms with Crippen molar-refractivity contribution in [1.29, 1.82) is 0 Å². The first-order valence-electron chi connectivity index (χ1n) is 8.22. The zero-order valence-electron chi connectivity index (χ0n) is 14.4. The van der Waals surface area contributed by atoms with Gasteiger partial charge in [-0.25, -0.2) is 4.98 Å². The fourth-order valence-corrected chi connectivity index (χ4v) is 2.96. The third-order valence-corrected chi connectivity index (χ3v) is 4.24. The first-order chi connectivity index (χ1) is 12.8. The molecule has 0 saturated heterocycles. The molecular weight excluding hydrogens is 324 g/mol. The van der Waals surface area contributed by atoms with E-state index in [4.69, 9.17) is 4.84 Å². The summed E-state index contributed by atoms with van der Waals surface area (Å²) in [5, 5.41) is 0. The maximum atomic E-state index is 4.92. The van der Waals surface area contributed by atoms with Crippen molar-refractivity contribution in [1.82, 2.24) is 20.0 Å². The van der Waals surface area contributed by atoms with Crippen molar-refractivity contribution in [2.75, 3.05) is 7.11 Å². The van der Waals surface area contributed by atoms with Crippen LogP contribution in [0.4, 0.5) is 0 Å². The molecule has 0 aliphatic rings. The summed E-state index contributed by atoms with van der Waals surface area (Å²) in [6, 6.07) is 18.4. The van der Waals surface area contributed by atoms with E-state index in [1.54, 1.807) is 13.3 Å². The summed E-state index contributed by atoms with van der Waals surface area (Å²) >= 11 is 0. The summed E-state index contributed by atoms with van der Waals surface area (Å²) in [6.07, 6.45) is 5.48. The standard InChI is InChI=1S/C21H18N4O/c1-15(24-26-2)16-8-9-21-20(12-16)23-14-25(21)19-7-3-5-17(11-19)18-6-4-10-22-13-18/h3-14,24H,1H2,2H3. The van der Waals surface area contributed by atoms with Crippen LogP contribution in [0.15, 0.2) is 79.9 Å². The van der Waals surface area contributed by atoms with E-state index in [2.05, 4.69) is 50.9 Å². The number of nitrogens with one attached hydrogen (secondary N) is 1. The van der Waals surface area contributed by atoms with Gasteiger partial charge in [0.15, 0.2) is 0 Å². The van der Waals surface area contributed by atoms with Crippen molar-refractivity contribution in [3.63, 3.8) is 0 Å². The summed E-state index contributed by atoms with van der Waals surface area (Å²) in [4.78, 5) is 13.7. The lowest BCUT2D eigenvalue weighted by atomic mass is 10.1. The molecule has 4 rings (SSSR count). The summed E-state index contributed by atoms with van der Waals surface area (Å²) in [7, 11) is 1.56. The molecule has 0 spiro atoms. The molecule has 0 aliphatic heterocycles. The normalized spacial score (nSPS) is 10.8. The van der Waals surface area contributed by atoms with Crippen LogP contribution < -0.4 is 5.48 Å². The number of fused-ring (bicyclic) bond motifs is 1. The minimum absolute atomic E-state index is 0.697. The zero-order valence-corrected chi connectivity index (χ0v) is 14.4. The first kappa shape index (κ1) is 16.1. The Balaban J connectivity index is 1.75. The molecule has 0 saturated carbocycles. The van der Waals surface area contributed by atoms with Gasteiger partial charge in [0.25, 0.3) is 0 Å². The Morgan fingerprint density at radius 1 is 1.08 bits per heavy atom. The number of rotatable bonds is 5. The highest BCUT2D eigenvalue weighted by atomic mass is 16.6. The number of benzene rings is 2. The van der Waals surface area contributed by atoms with Crippen molar-refractivity contribution in [2.45, 2.75) is 0 Å². The molecule has 2 aromatic carbocycles. The summed E-state index contributed by atoms with van der Waals surface area (Å²) in [5.74, 6) is 0. The number of aromatic nitrogens is 3. The quantitative estimate of drug-likeness (QED) is 0.552. The van der Waals surface area contributed by atoms with Gasteiger partial charge < -0.3 is 0 Å². The van der Waals surface area contributed by atoms with Gasteiger partial charge in [-0.05, 0) is 35.9 Å². The molecule has 0 amide bonds. The number of hydroxylamine groups is 1. The fraction of sp³-hybridized carbons (Fsp3) is 0.0476. The third-order valence-electron chi connectivity index (χ3n) is 4.24. The van der Waals surface area contributed by atoms with E-state index < -0.39 is 0 Å². The van der Waals surface area contributed by atoms with Gasteiger partial charge in [-0.1, -0.05) is 30.8 Å². The van der Waals surface area contributed by atoms with Crippen LogP contribution in [0.3, 0.4) is 0 Å². The Morgan fingerprint density at radius 3 is 2.77 bits per heavy atom. The highest BCUT2D eigenvalue weighted by molar-refractivity contribution is 5.82. The molecular formula is C21H18N4O. The van der Waals surface area contributed by atoms with Crippen LogP contribution in [-0.4, -0.2) is 21.6 Å². The lowest BCUT2D eigenvalue weighted by Gasteiger charge is -2.09. The van der Waals surface area contributed by atoms with Crippen LogP contribution in [0.2, 0.25) is 0 Å². The minimum atomic E-state index is 0.697. The van der Waals surface area contributed by atoms with Crippen molar-refractivity contribution in [2.24, 2.45) is 0 Å². The van der Waals surface area contributed by atoms with Crippen molar-refractivity contribution < 1.29 is 4.84 Å². The molecule has 5 nitrogen and oxygen atoms in total. The largest absolute Gasteiger partial charge is 0.299 e. The second-order valence-electron chi connectivity index (χ2n) is 5.89. The van der Waals surface area contributed by atoms with Gasteiger partial charge in [0.2, 0.25) is 0 Å². The van der Waals surface area contributed by atoms with E-state index in [0.29, 0.717) is 5.70 Å². The number of nitrogens with zero attached hydrogens (tertiary/aromatic N) is 3. The van der Waals surface area contributed by atoms with Crippen LogP contribution in [0.1, 0.15) is 5.56 Å². The average molecular weight is 342 g/mol. The Hall–Kier alpha value is -3.44. The molecule has 0 aliphatic carbocycles. The molecule has 0 atom stereocenters. The SMILES string of the molecule is C=C(NOC)c1ccc2c(c1)ncn2-c1cccc(-c2cccnc2)c1. The molecule has 0 radical (unpaired) electrons. The molecule has 0 bridgehead atoms. The molecule has 1 N–H and O–H groups in total. The molecule has 5 heteroatoms. The molecule has 2 heterocycles. The number of hydrogen-bond acceptors (Lipinski definition) is 4. The van der Waals surface area contributed by atoms with E-state index in [0.717, 1.165) is 33.4 Å². The predicted molar refractivity (Wildman–Crippen MR) is 103 cm³/mol. The van der Waals surface area contributed by atoms with Gasteiger partial charge in [-0.2, -0.15) is 0 Å². The van der Waals surface area contributed by atoms with E-state index in [1.807, 2.05) is 42.9 Å². The van der Waals surface area contributed by atoms with Gasteiger partial charge in [0.05, 0.1) is 23.8 Å². The monoisotopic (exact) mass is 342 g/mol. The van der Waals surface area contributed by atoms with E-state index in [9.17, 15) is 0 Å². The van der Waals surface area contributed by atoms with E-state index in [-0.39, 0.29) is 0 Å². The fourth-order valence-electron chi connectivity index (χ4n) is 2.96. The van der Waals surface area contributed by atoms with Crippen molar-refractivity contribution in [3.8, 4) is 16.8 Å². The van der Waals surface area contributed by atoms with E-state index in [1.165, 1.54) is 0 Å². The molecule has 0 fully saturated rings. The second kappa shape index (κ2) is 6.82. The molecule has 2 aromatic heterocycles. The Morgan fingerprint density at radius 2 is 1.96 bits per heavy atom. The maximum absolute atomic E-state index is 4.92. The number of pyridine rings is 1. The van der Waals surface area contributed by atoms with Crippen LogP contribution in [0.25, 0.3) is 33.5 Å². The third kappa shape index (κ3) is 2.96. The number of hydrogen-bond donors (Lipinski definition) is 1. The predicted octanol–water partition coefficient (Wildman–Crippen LogP) is 4.21. The van der Waals surface area contributed by atoms with Crippen LogP contribution >= 0.6 is 0 Å². The smallest absolute Gasteiger partial charge is 0.100 e. The van der Waals surface area contributed by atoms with Gasteiger partial charge in [-0.3, -0.25) is 19.9 Å². The van der Waals surface area contributed by atoms with Gasteiger partial charge in [0, 0.05) is 29.2 Å². The summed E-state index contributed by atoms with van der Waals surface area (Å²) < 4.78 is 2.07. The highest BCUT2D eigenvalue weighted by Crippen LogP contribution is 2.25. The van der Waals surface area contributed by atoms with Crippen molar-refractivity contribution in [3.05, 3.63) is 85.5 Å². The van der Waals surface area contributed by atoms with Crippen LogP contribution in [0, 0.1) is 0 Å². The molecule has 26 heavy (non-hydrogen) atoms. The number of imidazole rings is 1. The van der Waals surface area contributed by atoms with E-state index >= 15 is 0 Å². The average Bonchev–Trinajstić information content (AvgIpc) is 3.12. The summed E-state index contributed by atoms with van der Waals surface area (Å²) in [5.41, 5.74) is 9.57. The highest BCUT2D eigenvalue weighted by Gasteiger charge is 2.08. The van der Waals surface area contributed by atoms with Gasteiger partial charge in [-0.15, -0.1) is 0 Å². The van der Waals surface area contributed by atoms with Gasteiger partial charge in [0.1, 0.15) is 6.33 Å². The summed E-state index contributed by atoms with van der Waals surface area (Å²) in [6.45, 7) is 3.96. The second-order valence-corrected chi connectivity index (χ2v) is 5.89. The van der Waals surface area contributed by atoms with Crippen LogP contribution in [-0.2, 0) is 4.84 Å². The Bertz CT molecular complexity index is 1070. The Kier molecular flexibility index (Phi) is 4.21. The molecule has 4 aromatic rings. The maximum Gasteiger partial charge on any atom is 0.100 e. The molecule has 128 valence electrons. The minimum Gasteiger partial charge on any atom is -0.299 e. The zero-order chi connectivity index (χ0) is 17.9. The van der Waals surface area contributed by atoms with Gasteiger partial charge >= 0.3 is 0 Å². The van der Waals surface area contributed by atoms with Crippen LogP contribution in [0.5, 0.6) is 0 Å². The lowest BCUT2D eigenvalue weighted by Crippen LogP contribution is -2.08. The first-order valence-corrected chi connectivity index (χ1v) is 8.22. The van der Waals surface area contributed by atoms with Crippen molar-refractivity contribution >= 4 is 16.7 Å².